The summed E-state index contributed by atoms with van der Waals surface area (Å²) in [6, 6.07) is 0. The lowest BCUT2D eigenvalue weighted by atomic mass is 9.64. The fourth-order valence-electron chi connectivity index (χ4n) is 3.19. The Morgan fingerprint density at radius 1 is 1.19 bits per heavy atom. The van der Waals surface area contributed by atoms with Crippen molar-refractivity contribution in [2.24, 2.45) is 11.3 Å². The van der Waals surface area contributed by atoms with E-state index in [1.165, 1.54) is 13.8 Å². The van der Waals surface area contributed by atoms with E-state index in [-0.39, 0.29) is 17.2 Å². The fourth-order valence-corrected chi connectivity index (χ4v) is 3.19. The molecule has 2 unspecified atom stereocenters. The molecule has 0 heterocycles. The van der Waals surface area contributed by atoms with E-state index in [9.17, 15) is 9.59 Å². The zero-order valence-electron chi connectivity index (χ0n) is 10.9. The number of ether oxygens (including phenoxy) is 1. The molecule has 0 aliphatic heterocycles. The average Bonchev–Trinajstić information content (AvgIpc) is 1.96. The molecule has 0 saturated heterocycles. The SMILES string of the molecule is CC(=O)OC1(C(C)=O)CC(C)CC(C)(C)C1. The smallest absolute Gasteiger partial charge is 0.303 e. The van der Waals surface area contributed by atoms with Gasteiger partial charge in [0.1, 0.15) is 0 Å². The van der Waals surface area contributed by atoms with E-state index < -0.39 is 5.60 Å². The molecule has 1 aliphatic rings. The highest BCUT2D eigenvalue weighted by Crippen LogP contribution is 2.46. The van der Waals surface area contributed by atoms with E-state index in [1.807, 2.05) is 0 Å². The van der Waals surface area contributed by atoms with Crippen molar-refractivity contribution in [3.8, 4) is 0 Å². The number of hydrogen-bond acceptors (Lipinski definition) is 3. The molecule has 1 rings (SSSR count). The van der Waals surface area contributed by atoms with Gasteiger partial charge in [-0.2, -0.15) is 0 Å². The topological polar surface area (TPSA) is 43.4 Å². The first-order chi connectivity index (χ1) is 7.17. The number of carbonyl (C=O) groups excluding carboxylic acids is 2. The maximum atomic E-state index is 11.8. The Morgan fingerprint density at radius 2 is 1.75 bits per heavy atom. The van der Waals surface area contributed by atoms with Crippen LogP contribution in [0.5, 0.6) is 0 Å². The molecular weight excluding hydrogens is 204 g/mol. The molecular formula is C13H22O3. The predicted molar refractivity (Wildman–Crippen MR) is 62.0 cm³/mol. The fraction of sp³-hybridized carbons (Fsp3) is 0.846. The van der Waals surface area contributed by atoms with E-state index >= 15 is 0 Å². The Hall–Kier alpha value is -0.860. The summed E-state index contributed by atoms with van der Waals surface area (Å²) in [5.41, 5.74) is -0.828. The number of ketones is 1. The molecule has 0 N–H and O–H groups in total. The van der Waals surface area contributed by atoms with Gasteiger partial charge in [-0.3, -0.25) is 9.59 Å². The largest absolute Gasteiger partial charge is 0.451 e. The second-order valence-corrected chi connectivity index (χ2v) is 6.00. The molecule has 0 amide bonds. The normalized spacial score (nSPS) is 33.2. The molecule has 0 bridgehead atoms. The van der Waals surface area contributed by atoms with Crippen LogP contribution < -0.4 is 0 Å². The second kappa shape index (κ2) is 4.19. The Kier molecular flexibility index (Phi) is 3.46. The zero-order chi connectivity index (χ0) is 12.6. The van der Waals surface area contributed by atoms with E-state index in [2.05, 4.69) is 20.8 Å². The van der Waals surface area contributed by atoms with Crippen LogP contribution in [0.15, 0.2) is 0 Å². The Morgan fingerprint density at radius 3 is 2.12 bits per heavy atom. The highest BCUT2D eigenvalue weighted by Gasteiger charge is 2.48. The van der Waals surface area contributed by atoms with E-state index in [1.54, 1.807) is 0 Å². The summed E-state index contributed by atoms with van der Waals surface area (Å²) in [6.45, 7) is 9.27. The Labute approximate surface area is 97.5 Å². The minimum Gasteiger partial charge on any atom is -0.451 e. The lowest BCUT2D eigenvalue weighted by molar-refractivity contribution is -0.175. The first kappa shape index (κ1) is 13.2. The van der Waals surface area contributed by atoms with Crippen LogP contribution in [0.2, 0.25) is 0 Å². The Bertz CT molecular complexity index is 306. The lowest BCUT2D eigenvalue weighted by Crippen LogP contribution is -2.50. The molecule has 0 spiro atoms. The van der Waals surface area contributed by atoms with Crippen LogP contribution in [-0.4, -0.2) is 17.4 Å². The quantitative estimate of drug-likeness (QED) is 0.680. The number of rotatable bonds is 2. The van der Waals surface area contributed by atoms with Gasteiger partial charge in [-0.05, 0) is 37.5 Å². The molecule has 3 nitrogen and oxygen atoms in total. The van der Waals surface area contributed by atoms with Crippen molar-refractivity contribution in [1.82, 2.24) is 0 Å². The van der Waals surface area contributed by atoms with Gasteiger partial charge in [0.2, 0.25) is 0 Å². The monoisotopic (exact) mass is 226 g/mol. The maximum absolute atomic E-state index is 11.8. The van der Waals surface area contributed by atoms with Gasteiger partial charge in [0.05, 0.1) is 0 Å². The summed E-state index contributed by atoms with van der Waals surface area (Å²) in [4.78, 5) is 23.0. The summed E-state index contributed by atoms with van der Waals surface area (Å²) in [6.07, 6.45) is 2.37. The number of esters is 1. The summed E-state index contributed by atoms with van der Waals surface area (Å²) in [5, 5.41) is 0. The van der Waals surface area contributed by atoms with Crippen LogP contribution in [0.4, 0.5) is 0 Å². The first-order valence-corrected chi connectivity index (χ1v) is 5.87. The van der Waals surface area contributed by atoms with Crippen LogP contribution in [0.3, 0.4) is 0 Å². The van der Waals surface area contributed by atoms with E-state index in [0.29, 0.717) is 18.8 Å². The van der Waals surface area contributed by atoms with Crippen LogP contribution >= 0.6 is 0 Å². The van der Waals surface area contributed by atoms with Gasteiger partial charge in [0, 0.05) is 6.92 Å². The molecule has 1 fully saturated rings. The summed E-state index contributed by atoms with van der Waals surface area (Å²) < 4.78 is 5.36. The number of hydrogen-bond donors (Lipinski definition) is 0. The summed E-state index contributed by atoms with van der Waals surface area (Å²) in [5.74, 6) is 0.0226. The van der Waals surface area contributed by atoms with Crippen molar-refractivity contribution in [1.29, 1.82) is 0 Å². The standard InChI is InChI=1S/C13H22O3/c1-9-6-12(4,5)8-13(7-9,10(2)14)16-11(3)15/h9H,6-8H2,1-5H3. The number of carbonyl (C=O) groups is 2. The molecule has 0 aromatic heterocycles. The molecule has 3 heteroatoms. The molecule has 0 aromatic rings. The van der Waals surface area contributed by atoms with Crippen molar-refractivity contribution in [3.05, 3.63) is 0 Å². The van der Waals surface area contributed by atoms with Crippen molar-refractivity contribution in [3.63, 3.8) is 0 Å². The molecule has 0 aromatic carbocycles. The van der Waals surface area contributed by atoms with Crippen molar-refractivity contribution in [2.45, 2.75) is 59.5 Å². The Balaban J connectivity index is 3.00. The van der Waals surface area contributed by atoms with Gasteiger partial charge in [-0.25, -0.2) is 0 Å². The zero-order valence-corrected chi connectivity index (χ0v) is 10.9. The molecule has 16 heavy (non-hydrogen) atoms. The predicted octanol–water partition coefficient (Wildman–Crippen LogP) is 2.72. The number of Topliss-reactive ketones (excluding diaryl/α,β-unsaturated/α-hetero) is 1. The maximum Gasteiger partial charge on any atom is 0.303 e. The third-order valence-corrected chi connectivity index (χ3v) is 3.32. The van der Waals surface area contributed by atoms with Crippen LogP contribution in [0, 0.1) is 11.3 Å². The van der Waals surface area contributed by atoms with Gasteiger partial charge in [-0.15, -0.1) is 0 Å². The van der Waals surface area contributed by atoms with Gasteiger partial charge in [0.15, 0.2) is 11.4 Å². The van der Waals surface area contributed by atoms with Crippen molar-refractivity contribution >= 4 is 11.8 Å². The molecule has 1 saturated carbocycles. The van der Waals surface area contributed by atoms with Crippen molar-refractivity contribution < 1.29 is 14.3 Å². The van der Waals surface area contributed by atoms with E-state index in [0.717, 1.165) is 6.42 Å². The molecule has 92 valence electrons. The van der Waals surface area contributed by atoms with Crippen LogP contribution in [-0.2, 0) is 14.3 Å². The van der Waals surface area contributed by atoms with Gasteiger partial charge >= 0.3 is 5.97 Å². The summed E-state index contributed by atoms with van der Waals surface area (Å²) in [7, 11) is 0. The first-order valence-electron chi connectivity index (χ1n) is 5.87. The van der Waals surface area contributed by atoms with Crippen LogP contribution in [0.1, 0.15) is 53.9 Å². The average molecular weight is 226 g/mol. The van der Waals surface area contributed by atoms with Gasteiger partial charge in [-0.1, -0.05) is 20.8 Å². The van der Waals surface area contributed by atoms with Gasteiger partial charge < -0.3 is 4.74 Å². The third-order valence-electron chi connectivity index (χ3n) is 3.32. The second-order valence-electron chi connectivity index (χ2n) is 6.00. The highest BCUT2D eigenvalue weighted by molar-refractivity contribution is 5.87. The minimum atomic E-state index is -0.882. The van der Waals surface area contributed by atoms with Gasteiger partial charge in [0.25, 0.3) is 0 Å². The minimum absolute atomic E-state index is 0.0256. The highest BCUT2D eigenvalue weighted by atomic mass is 16.6. The lowest BCUT2D eigenvalue weighted by Gasteiger charge is -2.45. The molecule has 0 radical (unpaired) electrons. The molecule has 2 atom stereocenters. The van der Waals surface area contributed by atoms with E-state index in [4.69, 9.17) is 4.74 Å². The van der Waals surface area contributed by atoms with Crippen molar-refractivity contribution in [2.75, 3.05) is 0 Å². The summed E-state index contributed by atoms with van der Waals surface area (Å²) >= 11 is 0. The molecule has 1 aliphatic carbocycles. The third kappa shape index (κ3) is 2.83. The van der Waals surface area contributed by atoms with Crippen LogP contribution in [0.25, 0.3) is 0 Å².